The number of benzene rings is 1. The molecule has 1 aromatic rings. The molecule has 2 saturated carbocycles. The van der Waals surface area contributed by atoms with E-state index in [4.69, 9.17) is 9.47 Å². The first-order chi connectivity index (χ1) is 11.8. The predicted molar refractivity (Wildman–Crippen MR) is 97.9 cm³/mol. The monoisotopic (exact) mass is 346 g/mol. The number of amides is 2. The maximum atomic E-state index is 12.5. The van der Waals surface area contributed by atoms with Gasteiger partial charge in [-0.2, -0.15) is 0 Å². The number of hydrogen-bond donors (Lipinski definition) is 2. The van der Waals surface area contributed by atoms with Crippen molar-refractivity contribution in [2.24, 2.45) is 16.7 Å². The van der Waals surface area contributed by atoms with Gasteiger partial charge in [0.25, 0.3) is 0 Å². The van der Waals surface area contributed by atoms with Crippen LogP contribution < -0.4 is 20.1 Å². The first-order valence-electron chi connectivity index (χ1n) is 9.07. The third-order valence-electron chi connectivity index (χ3n) is 7.02. The van der Waals surface area contributed by atoms with Crippen LogP contribution >= 0.6 is 0 Å². The molecule has 0 heterocycles. The van der Waals surface area contributed by atoms with Gasteiger partial charge in [-0.1, -0.05) is 32.9 Å². The summed E-state index contributed by atoms with van der Waals surface area (Å²) >= 11 is 0. The Morgan fingerprint density at radius 2 is 2.00 bits per heavy atom. The zero-order valence-corrected chi connectivity index (χ0v) is 15.9. The molecule has 0 radical (unpaired) electrons. The average Bonchev–Trinajstić information content (AvgIpc) is 2.92. The molecular formula is C20H30N2O3. The molecule has 2 fully saturated rings. The molecule has 25 heavy (non-hydrogen) atoms. The van der Waals surface area contributed by atoms with Crippen molar-refractivity contribution in [2.45, 2.75) is 52.6 Å². The van der Waals surface area contributed by atoms with Crippen LogP contribution in [-0.2, 0) is 6.54 Å². The average molecular weight is 346 g/mol. The Morgan fingerprint density at radius 3 is 2.56 bits per heavy atom. The lowest BCUT2D eigenvalue weighted by Gasteiger charge is -2.39. The van der Waals surface area contributed by atoms with Crippen molar-refractivity contribution < 1.29 is 14.3 Å². The molecule has 5 heteroatoms. The molecule has 0 saturated heterocycles. The van der Waals surface area contributed by atoms with Crippen molar-refractivity contribution >= 4 is 6.03 Å². The highest BCUT2D eigenvalue weighted by atomic mass is 16.5. The second-order valence-electron chi connectivity index (χ2n) is 8.14. The maximum absolute atomic E-state index is 12.5. The fraction of sp³-hybridized carbons (Fsp3) is 0.650. The van der Waals surface area contributed by atoms with Crippen LogP contribution in [0.5, 0.6) is 11.5 Å². The first kappa shape index (κ1) is 17.9. The molecule has 5 nitrogen and oxygen atoms in total. The van der Waals surface area contributed by atoms with Crippen molar-refractivity contribution in [3.8, 4) is 11.5 Å². The Balaban J connectivity index is 1.62. The summed E-state index contributed by atoms with van der Waals surface area (Å²) in [5, 5.41) is 6.19. The number of ether oxygens (including phenoxy) is 2. The van der Waals surface area contributed by atoms with Gasteiger partial charge in [0, 0.05) is 18.2 Å². The van der Waals surface area contributed by atoms with Gasteiger partial charge in [-0.3, -0.25) is 0 Å². The van der Waals surface area contributed by atoms with Crippen LogP contribution in [-0.4, -0.2) is 26.3 Å². The van der Waals surface area contributed by atoms with Gasteiger partial charge < -0.3 is 20.1 Å². The van der Waals surface area contributed by atoms with Crippen molar-refractivity contribution in [1.29, 1.82) is 0 Å². The molecule has 1 aromatic carbocycles. The summed E-state index contributed by atoms with van der Waals surface area (Å²) in [7, 11) is 3.22. The highest BCUT2D eigenvalue weighted by molar-refractivity contribution is 5.74. The Hall–Kier alpha value is -1.91. The summed E-state index contributed by atoms with van der Waals surface area (Å²) in [6, 6.07) is 5.81. The fourth-order valence-corrected chi connectivity index (χ4v) is 4.90. The fourth-order valence-electron chi connectivity index (χ4n) is 4.90. The van der Waals surface area contributed by atoms with Crippen LogP contribution in [0.1, 0.15) is 45.6 Å². The molecule has 2 aliphatic carbocycles. The summed E-state index contributed by atoms with van der Waals surface area (Å²) in [4.78, 5) is 12.5. The number of fused-ring (bicyclic) bond motifs is 2. The predicted octanol–water partition coefficient (Wildman–Crippen LogP) is 3.72. The number of rotatable bonds is 5. The number of carbonyl (C=O) groups excluding carboxylic acids is 1. The van der Waals surface area contributed by atoms with Gasteiger partial charge in [-0.15, -0.1) is 0 Å². The lowest BCUT2D eigenvalue weighted by atomic mass is 9.69. The summed E-state index contributed by atoms with van der Waals surface area (Å²) in [5.41, 5.74) is 1.38. The van der Waals surface area contributed by atoms with E-state index >= 15 is 0 Å². The number of hydrogen-bond acceptors (Lipinski definition) is 3. The molecule has 0 aromatic heterocycles. The number of nitrogens with one attached hydrogen (secondary N) is 2. The highest BCUT2D eigenvalue weighted by Crippen LogP contribution is 2.65. The lowest BCUT2D eigenvalue weighted by molar-refractivity contribution is 0.123. The van der Waals surface area contributed by atoms with E-state index in [2.05, 4.69) is 31.4 Å². The Bertz CT molecular complexity index is 658. The minimum Gasteiger partial charge on any atom is -0.493 e. The van der Waals surface area contributed by atoms with Gasteiger partial charge in [0.1, 0.15) is 0 Å². The lowest BCUT2D eigenvalue weighted by Crippen LogP contribution is -2.50. The maximum Gasteiger partial charge on any atom is 0.315 e. The molecule has 3 unspecified atom stereocenters. The van der Waals surface area contributed by atoms with Crippen molar-refractivity contribution in [3.63, 3.8) is 0 Å². The molecule has 0 spiro atoms. The SMILES string of the molecule is COc1cccc(CNC(=O)NC2CC3CCC2(C)C3(C)C)c1OC. The molecular weight excluding hydrogens is 316 g/mol. The van der Waals surface area contributed by atoms with Gasteiger partial charge in [0.2, 0.25) is 0 Å². The second kappa shape index (κ2) is 6.43. The van der Waals surface area contributed by atoms with Gasteiger partial charge in [-0.25, -0.2) is 4.79 Å². The number of methoxy groups -OCH3 is 2. The van der Waals surface area contributed by atoms with Gasteiger partial charge in [0.15, 0.2) is 11.5 Å². The molecule has 2 amide bonds. The van der Waals surface area contributed by atoms with Crippen LogP contribution in [0.25, 0.3) is 0 Å². The third kappa shape index (κ3) is 2.83. The van der Waals surface area contributed by atoms with E-state index in [-0.39, 0.29) is 17.5 Å². The van der Waals surface area contributed by atoms with Crippen LogP contribution in [0.15, 0.2) is 18.2 Å². The highest BCUT2D eigenvalue weighted by Gasteiger charge is 2.61. The zero-order chi connectivity index (χ0) is 18.2. The smallest absolute Gasteiger partial charge is 0.315 e. The minimum atomic E-state index is -0.112. The quantitative estimate of drug-likeness (QED) is 0.854. The van der Waals surface area contributed by atoms with Crippen LogP contribution in [0, 0.1) is 16.7 Å². The van der Waals surface area contributed by atoms with E-state index in [1.54, 1.807) is 14.2 Å². The number of urea groups is 1. The van der Waals surface area contributed by atoms with Crippen molar-refractivity contribution in [3.05, 3.63) is 23.8 Å². The van der Waals surface area contributed by atoms with Crippen molar-refractivity contribution in [1.82, 2.24) is 10.6 Å². The van der Waals surface area contributed by atoms with Crippen molar-refractivity contribution in [2.75, 3.05) is 14.2 Å². The summed E-state index contributed by atoms with van der Waals surface area (Å²) in [6.07, 6.45) is 3.56. The van der Waals surface area contributed by atoms with Gasteiger partial charge >= 0.3 is 6.03 Å². The largest absolute Gasteiger partial charge is 0.493 e. The number of carbonyl (C=O) groups is 1. The number of para-hydroxylation sites is 1. The van der Waals surface area contributed by atoms with Crippen LogP contribution in [0.3, 0.4) is 0 Å². The Kier molecular flexibility index (Phi) is 4.60. The van der Waals surface area contributed by atoms with E-state index < -0.39 is 0 Å². The van der Waals surface area contributed by atoms with Crippen LogP contribution in [0.4, 0.5) is 4.79 Å². The van der Waals surface area contributed by atoms with E-state index in [0.717, 1.165) is 12.0 Å². The molecule has 2 N–H and O–H groups in total. The molecule has 2 aliphatic rings. The summed E-state index contributed by atoms with van der Waals surface area (Å²) < 4.78 is 10.7. The van der Waals surface area contributed by atoms with E-state index in [1.807, 2.05) is 18.2 Å². The molecule has 3 rings (SSSR count). The van der Waals surface area contributed by atoms with E-state index in [9.17, 15) is 4.79 Å². The molecule has 2 bridgehead atoms. The molecule has 138 valence electrons. The summed E-state index contributed by atoms with van der Waals surface area (Å²) in [6.45, 7) is 7.44. The standard InChI is InChI=1S/C20H30N2O3/c1-19(2)14-9-10-20(19,3)16(11-14)22-18(23)21-12-13-7-6-8-15(24-4)17(13)25-5/h6-8,14,16H,9-12H2,1-5H3,(H2,21,22,23). The Labute approximate surface area is 150 Å². The van der Waals surface area contributed by atoms with Gasteiger partial charge in [-0.05, 0) is 42.1 Å². The first-order valence-corrected chi connectivity index (χ1v) is 9.07. The second-order valence-corrected chi connectivity index (χ2v) is 8.14. The minimum absolute atomic E-state index is 0.112. The molecule has 3 atom stereocenters. The van der Waals surface area contributed by atoms with E-state index in [1.165, 1.54) is 12.8 Å². The Morgan fingerprint density at radius 1 is 1.24 bits per heavy atom. The van der Waals surface area contributed by atoms with Crippen LogP contribution in [0.2, 0.25) is 0 Å². The topological polar surface area (TPSA) is 59.6 Å². The zero-order valence-electron chi connectivity index (χ0n) is 15.9. The molecule has 0 aliphatic heterocycles. The summed E-state index contributed by atoms with van der Waals surface area (Å²) in [5.74, 6) is 2.05. The normalized spacial score (nSPS) is 29.3. The van der Waals surface area contributed by atoms with E-state index in [0.29, 0.717) is 29.4 Å². The van der Waals surface area contributed by atoms with Gasteiger partial charge in [0.05, 0.1) is 14.2 Å². The third-order valence-corrected chi connectivity index (χ3v) is 7.02.